The first kappa shape index (κ1) is 11.1. The Morgan fingerprint density at radius 2 is 2.25 bits per heavy atom. The average Bonchev–Trinajstić information content (AvgIpc) is 2.24. The molecule has 0 bridgehead atoms. The van der Waals surface area contributed by atoms with Crippen LogP contribution in [0.25, 0.3) is 0 Å². The molecule has 0 aromatic carbocycles. The third-order valence-corrected chi connectivity index (χ3v) is 2.73. The van der Waals surface area contributed by atoms with Crippen LogP contribution >= 0.6 is 0 Å². The average molecular weight is 222 g/mol. The van der Waals surface area contributed by atoms with Gasteiger partial charge in [-0.15, -0.1) is 0 Å². The van der Waals surface area contributed by atoms with Crippen molar-refractivity contribution >= 4 is 5.82 Å². The first-order valence-electron chi connectivity index (χ1n) is 5.77. The highest BCUT2D eigenvalue weighted by molar-refractivity contribution is 5.40. The lowest BCUT2D eigenvalue weighted by Crippen LogP contribution is -2.57. The van der Waals surface area contributed by atoms with Gasteiger partial charge in [0.1, 0.15) is 0 Å². The van der Waals surface area contributed by atoms with Crippen molar-refractivity contribution in [3.8, 4) is 5.88 Å². The molecular weight excluding hydrogens is 204 g/mol. The van der Waals surface area contributed by atoms with Crippen LogP contribution in [0.5, 0.6) is 5.88 Å². The minimum absolute atomic E-state index is 0.538. The molecule has 0 aliphatic carbocycles. The molecule has 0 saturated carbocycles. The predicted octanol–water partition coefficient (Wildman–Crippen LogP) is 0.673. The Kier molecular flexibility index (Phi) is 3.56. The van der Waals surface area contributed by atoms with Crippen LogP contribution in [0, 0.1) is 0 Å². The van der Waals surface area contributed by atoms with Crippen molar-refractivity contribution in [2.24, 2.45) is 0 Å². The van der Waals surface area contributed by atoms with E-state index in [0.717, 1.165) is 25.5 Å². The van der Waals surface area contributed by atoms with Crippen LogP contribution in [0.2, 0.25) is 0 Å². The fourth-order valence-corrected chi connectivity index (χ4v) is 1.80. The second-order valence-electron chi connectivity index (χ2n) is 3.75. The van der Waals surface area contributed by atoms with Crippen LogP contribution in [-0.2, 0) is 0 Å². The van der Waals surface area contributed by atoms with E-state index in [-0.39, 0.29) is 0 Å². The maximum atomic E-state index is 5.36. The quantitative estimate of drug-likeness (QED) is 0.793. The summed E-state index contributed by atoms with van der Waals surface area (Å²) in [5, 5.41) is 3.26. The molecule has 0 radical (unpaired) electrons. The molecule has 16 heavy (non-hydrogen) atoms. The first-order valence-corrected chi connectivity index (χ1v) is 5.77. The van der Waals surface area contributed by atoms with Gasteiger partial charge >= 0.3 is 0 Å². The zero-order valence-corrected chi connectivity index (χ0v) is 9.81. The predicted molar refractivity (Wildman–Crippen MR) is 62.9 cm³/mol. The van der Waals surface area contributed by atoms with Gasteiger partial charge in [-0.25, -0.2) is 0 Å². The maximum absolute atomic E-state index is 5.36. The summed E-state index contributed by atoms with van der Waals surface area (Å²) in [6, 6.07) is 0.538. The molecule has 2 rings (SSSR count). The van der Waals surface area contributed by atoms with Crippen LogP contribution in [0.4, 0.5) is 5.82 Å². The first-order chi connectivity index (χ1) is 7.85. The molecule has 1 aliphatic heterocycles. The smallest absolute Gasteiger partial charge is 0.234 e. The summed E-state index contributed by atoms with van der Waals surface area (Å²) in [4.78, 5) is 10.9. The third-order valence-electron chi connectivity index (χ3n) is 2.73. The fraction of sp³-hybridized carbons (Fsp3) is 0.636. The number of nitrogens with one attached hydrogen (secondary N) is 1. The van der Waals surface area contributed by atoms with Crippen molar-refractivity contribution in [1.29, 1.82) is 0 Å². The highest BCUT2D eigenvalue weighted by Crippen LogP contribution is 2.17. The van der Waals surface area contributed by atoms with Gasteiger partial charge in [0.05, 0.1) is 25.0 Å². The summed E-state index contributed by atoms with van der Waals surface area (Å²) < 4.78 is 5.36. The van der Waals surface area contributed by atoms with E-state index in [4.69, 9.17) is 4.74 Å². The molecule has 0 amide bonds. The molecule has 0 unspecified atom stereocenters. The Balaban J connectivity index is 2.13. The minimum atomic E-state index is 0.538. The highest BCUT2D eigenvalue weighted by Gasteiger charge is 2.24. The number of nitrogens with zero attached hydrogens (tertiary/aromatic N) is 3. The SMILES string of the molecule is CCOc1cncc(N(CC)C2CNC2)n1. The fourth-order valence-electron chi connectivity index (χ4n) is 1.80. The van der Waals surface area contributed by atoms with E-state index in [1.165, 1.54) is 0 Å². The Morgan fingerprint density at radius 1 is 1.44 bits per heavy atom. The van der Waals surface area contributed by atoms with Gasteiger partial charge in [-0.1, -0.05) is 0 Å². The van der Waals surface area contributed by atoms with Crippen molar-refractivity contribution in [1.82, 2.24) is 15.3 Å². The molecule has 1 N–H and O–H groups in total. The van der Waals surface area contributed by atoms with Gasteiger partial charge in [0.25, 0.3) is 0 Å². The lowest BCUT2D eigenvalue weighted by atomic mass is 10.1. The monoisotopic (exact) mass is 222 g/mol. The van der Waals surface area contributed by atoms with E-state index in [1.807, 2.05) is 6.92 Å². The second kappa shape index (κ2) is 5.12. The van der Waals surface area contributed by atoms with Crippen molar-refractivity contribution in [3.05, 3.63) is 12.4 Å². The Bertz CT molecular complexity index is 341. The van der Waals surface area contributed by atoms with Crippen LogP contribution in [0.15, 0.2) is 12.4 Å². The maximum Gasteiger partial charge on any atom is 0.234 e. The summed E-state index contributed by atoms with van der Waals surface area (Å²) in [5.74, 6) is 1.51. The van der Waals surface area contributed by atoms with Crippen molar-refractivity contribution in [2.45, 2.75) is 19.9 Å². The molecule has 0 atom stereocenters. The van der Waals surface area contributed by atoms with Crippen LogP contribution in [0.1, 0.15) is 13.8 Å². The van der Waals surface area contributed by atoms with E-state index >= 15 is 0 Å². The number of anilines is 1. The van der Waals surface area contributed by atoms with Gasteiger partial charge in [0.2, 0.25) is 5.88 Å². The molecule has 5 heteroatoms. The Morgan fingerprint density at radius 3 is 2.81 bits per heavy atom. The number of ether oxygens (including phenoxy) is 1. The van der Waals surface area contributed by atoms with Gasteiger partial charge in [-0.05, 0) is 13.8 Å². The molecule has 1 aromatic heterocycles. The second-order valence-corrected chi connectivity index (χ2v) is 3.75. The lowest BCUT2D eigenvalue weighted by Gasteiger charge is -2.38. The number of aromatic nitrogens is 2. The van der Waals surface area contributed by atoms with Gasteiger partial charge in [-0.2, -0.15) is 4.98 Å². The molecule has 1 aromatic rings. The normalized spacial score (nSPS) is 15.6. The summed E-state index contributed by atoms with van der Waals surface area (Å²) >= 11 is 0. The topological polar surface area (TPSA) is 50.3 Å². The van der Waals surface area contributed by atoms with Gasteiger partial charge < -0.3 is 15.0 Å². The zero-order chi connectivity index (χ0) is 11.4. The lowest BCUT2D eigenvalue weighted by molar-refractivity contribution is 0.324. The number of hydrogen-bond acceptors (Lipinski definition) is 5. The number of hydrogen-bond donors (Lipinski definition) is 1. The summed E-state index contributed by atoms with van der Waals surface area (Å²) in [7, 11) is 0. The van der Waals surface area contributed by atoms with Gasteiger partial charge in [0, 0.05) is 19.6 Å². The zero-order valence-electron chi connectivity index (χ0n) is 9.81. The van der Waals surface area contributed by atoms with E-state index < -0.39 is 0 Å². The Labute approximate surface area is 95.8 Å². The standard InChI is InChI=1S/C11H18N4O/c1-3-15(9-5-12-6-9)10-7-13-8-11(14-10)16-4-2/h7-9,12H,3-6H2,1-2H3. The van der Waals surface area contributed by atoms with Gasteiger partial charge in [0.15, 0.2) is 5.82 Å². The van der Waals surface area contributed by atoms with Crippen LogP contribution in [-0.4, -0.2) is 42.3 Å². The molecular formula is C11H18N4O. The summed E-state index contributed by atoms with van der Waals surface area (Å²) in [6.07, 6.45) is 3.45. The minimum Gasteiger partial charge on any atom is -0.477 e. The van der Waals surface area contributed by atoms with Crippen LogP contribution in [0.3, 0.4) is 0 Å². The highest BCUT2D eigenvalue weighted by atomic mass is 16.5. The van der Waals surface area contributed by atoms with Crippen molar-refractivity contribution in [3.63, 3.8) is 0 Å². The van der Waals surface area contributed by atoms with Crippen molar-refractivity contribution in [2.75, 3.05) is 31.1 Å². The molecule has 1 aliphatic rings. The molecule has 1 fully saturated rings. The largest absolute Gasteiger partial charge is 0.477 e. The van der Waals surface area contributed by atoms with Crippen LogP contribution < -0.4 is 15.0 Å². The Hall–Kier alpha value is -1.36. The number of rotatable bonds is 5. The molecule has 5 nitrogen and oxygen atoms in total. The van der Waals surface area contributed by atoms with E-state index in [0.29, 0.717) is 18.5 Å². The summed E-state index contributed by atoms with van der Waals surface area (Å²) in [5.41, 5.74) is 0. The molecule has 1 saturated heterocycles. The van der Waals surface area contributed by atoms with Gasteiger partial charge in [-0.3, -0.25) is 4.98 Å². The summed E-state index contributed by atoms with van der Waals surface area (Å²) in [6.45, 7) is 7.68. The van der Waals surface area contributed by atoms with Crippen molar-refractivity contribution < 1.29 is 4.74 Å². The third kappa shape index (κ3) is 2.24. The molecule has 0 spiro atoms. The van der Waals surface area contributed by atoms with E-state index in [9.17, 15) is 0 Å². The van der Waals surface area contributed by atoms with E-state index in [2.05, 4.69) is 27.1 Å². The number of likely N-dealkylation sites (N-methyl/N-ethyl adjacent to an activating group) is 1. The molecule has 2 heterocycles. The molecule has 88 valence electrons. The van der Waals surface area contributed by atoms with E-state index in [1.54, 1.807) is 12.4 Å².